The Hall–Kier alpha value is -3.35. The SMILES string of the molecule is CC1(C)CC(=O)N(Cc2cccc(C(=O)N[C@H]3CC(C)(C)Oc4ccccc43)c2)C(N)=N1. The van der Waals surface area contributed by atoms with Gasteiger partial charge in [-0.2, -0.15) is 0 Å². The van der Waals surface area contributed by atoms with E-state index in [0.29, 0.717) is 18.4 Å². The molecule has 0 radical (unpaired) electrons. The molecule has 4 rings (SSSR count). The Kier molecular flexibility index (Phi) is 5.44. The first kappa shape index (κ1) is 21.9. The highest BCUT2D eigenvalue weighted by molar-refractivity contribution is 5.99. The number of fused-ring (bicyclic) bond motifs is 1. The minimum Gasteiger partial charge on any atom is -0.487 e. The fourth-order valence-electron chi connectivity index (χ4n) is 4.34. The lowest BCUT2D eigenvalue weighted by atomic mass is 9.89. The molecule has 1 atom stereocenters. The Balaban J connectivity index is 1.52. The van der Waals surface area contributed by atoms with Crippen molar-refractivity contribution in [1.82, 2.24) is 10.2 Å². The summed E-state index contributed by atoms with van der Waals surface area (Å²) in [4.78, 5) is 31.6. The maximum Gasteiger partial charge on any atom is 0.251 e. The number of carbonyl (C=O) groups is 2. The molecule has 3 N–H and O–H groups in total. The number of para-hydroxylation sites is 1. The molecule has 0 saturated carbocycles. The molecule has 2 amide bonds. The van der Waals surface area contributed by atoms with Crippen molar-refractivity contribution < 1.29 is 14.3 Å². The number of hydrogen-bond acceptors (Lipinski definition) is 5. The van der Waals surface area contributed by atoms with E-state index in [0.717, 1.165) is 16.9 Å². The lowest BCUT2D eigenvalue weighted by Crippen LogP contribution is -2.49. The lowest BCUT2D eigenvalue weighted by Gasteiger charge is -2.37. The summed E-state index contributed by atoms with van der Waals surface area (Å²) in [5, 5.41) is 3.16. The van der Waals surface area contributed by atoms with Gasteiger partial charge >= 0.3 is 0 Å². The summed E-state index contributed by atoms with van der Waals surface area (Å²) in [5.74, 6) is 0.766. The third-order valence-electron chi connectivity index (χ3n) is 5.79. The number of nitrogens with two attached hydrogens (primary N) is 1. The van der Waals surface area contributed by atoms with E-state index in [1.807, 2.05) is 64.1 Å². The first-order valence-electron chi connectivity index (χ1n) is 10.9. The summed E-state index contributed by atoms with van der Waals surface area (Å²) in [5.41, 5.74) is 7.50. The molecular formula is C25H30N4O3. The number of amides is 2. The molecule has 0 unspecified atom stereocenters. The Bertz CT molecular complexity index is 1090. The smallest absolute Gasteiger partial charge is 0.251 e. The van der Waals surface area contributed by atoms with Crippen molar-refractivity contribution in [2.75, 3.05) is 0 Å². The average molecular weight is 435 g/mol. The molecule has 2 aliphatic rings. The van der Waals surface area contributed by atoms with Crippen molar-refractivity contribution in [3.8, 4) is 5.75 Å². The maximum atomic E-state index is 13.1. The largest absolute Gasteiger partial charge is 0.487 e. The van der Waals surface area contributed by atoms with E-state index in [-0.39, 0.29) is 36.0 Å². The third-order valence-corrected chi connectivity index (χ3v) is 5.79. The van der Waals surface area contributed by atoms with Gasteiger partial charge in [-0.1, -0.05) is 30.3 Å². The molecule has 0 bridgehead atoms. The van der Waals surface area contributed by atoms with Crippen LogP contribution in [0.3, 0.4) is 0 Å². The molecular weight excluding hydrogens is 404 g/mol. The van der Waals surface area contributed by atoms with Crippen LogP contribution in [0.1, 0.15) is 68.1 Å². The highest BCUT2D eigenvalue weighted by atomic mass is 16.5. The van der Waals surface area contributed by atoms with Gasteiger partial charge in [0.15, 0.2) is 5.96 Å². The highest BCUT2D eigenvalue weighted by Crippen LogP contribution is 2.39. The minimum absolute atomic E-state index is 0.0709. The quantitative estimate of drug-likeness (QED) is 0.769. The van der Waals surface area contributed by atoms with Crippen molar-refractivity contribution >= 4 is 17.8 Å². The molecule has 0 aliphatic carbocycles. The molecule has 0 spiro atoms. The minimum atomic E-state index is -0.493. The molecule has 0 saturated heterocycles. The number of benzene rings is 2. The van der Waals surface area contributed by atoms with Crippen molar-refractivity contribution in [3.05, 3.63) is 65.2 Å². The van der Waals surface area contributed by atoms with Crippen LogP contribution in [0.2, 0.25) is 0 Å². The van der Waals surface area contributed by atoms with Crippen molar-refractivity contribution in [3.63, 3.8) is 0 Å². The van der Waals surface area contributed by atoms with Crippen LogP contribution in [0.15, 0.2) is 53.5 Å². The van der Waals surface area contributed by atoms with Gasteiger partial charge in [-0.15, -0.1) is 0 Å². The first-order chi connectivity index (χ1) is 15.0. The number of nitrogens with zero attached hydrogens (tertiary/aromatic N) is 2. The number of hydrogen-bond donors (Lipinski definition) is 2. The molecule has 2 aromatic carbocycles. The Morgan fingerprint density at radius 1 is 1.19 bits per heavy atom. The molecule has 7 heteroatoms. The normalized spacial score (nSPS) is 21.2. The van der Waals surface area contributed by atoms with Gasteiger partial charge < -0.3 is 15.8 Å². The summed E-state index contributed by atoms with van der Waals surface area (Å²) < 4.78 is 6.06. The van der Waals surface area contributed by atoms with Crippen LogP contribution in [0.25, 0.3) is 0 Å². The van der Waals surface area contributed by atoms with Crippen molar-refractivity contribution in [2.45, 2.75) is 64.3 Å². The predicted octanol–water partition coefficient (Wildman–Crippen LogP) is 3.54. The van der Waals surface area contributed by atoms with Crippen LogP contribution in [0.4, 0.5) is 0 Å². The van der Waals surface area contributed by atoms with Crippen LogP contribution in [0.5, 0.6) is 5.75 Å². The topological polar surface area (TPSA) is 97.0 Å². The number of nitrogens with one attached hydrogen (secondary N) is 1. The average Bonchev–Trinajstić information content (AvgIpc) is 2.69. The van der Waals surface area contributed by atoms with E-state index in [1.54, 1.807) is 12.1 Å². The number of aliphatic imine (C=N–C) groups is 1. The van der Waals surface area contributed by atoms with E-state index < -0.39 is 5.54 Å². The third kappa shape index (κ3) is 4.61. The monoisotopic (exact) mass is 434 g/mol. The fourth-order valence-corrected chi connectivity index (χ4v) is 4.34. The van der Waals surface area contributed by atoms with Gasteiger partial charge in [0.05, 0.1) is 24.5 Å². The Morgan fingerprint density at radius 3 is 2.69 bits per heavy atom. The van der Waals surface area contributed by atoms with Crippen LogP contribution >= 0.6 is 0 Å². The van der Waals surface area contributed by atoms with Crippen LogP contribution in [0, 0.1) is 0 Å². The zero-order valence-corrected chi connectivity index (χ0v) is 19.0. The predicted molar refractivity (Wildman–Crippen MR) is 123 cm³/mol. The van der Waals surface area contributed by atoms with Crippen molar-refractivity contribution in [2.24, 2.45) is 10.7 Å². The summed E-state index contributed by atoms with van der Waals surface area (Å²) in [6, 6.07) is 14.9. The number of rotatable bonds is 4. The second-order valence-electron chi connectivity index (χ2n) is 9.77. The van der Waals surface area contributed by atoms with E-state index in [4.69, 9.17) is 10.5 Å². The Labute approximate surface area is 188 Å². The summed E-state index contributed by atoms with van der Waals surface area (Å²) in [6.45, 7) is 8.08. The van der Waals surface area contributed by atoms with Gasteiger partial charge in [-0.05, 0) is 51.5 Å². The second kappa shape index (κ2) is 7.97. The molecule has 32 heavy (non-hydrogen) atoms. The summed E-state index contributed by atoms with van der Waals surface area (Å²) >= 11 is 0. The van der Waals surface area contributed by atoms with Crippen molar-refractivity contribution in [1.29, 1.82) is 0 Å². The van der Waals surface area contributed by atoms with E-state index >= 15 is 0 Å². The molecule has 0 fully saturated rings. The first-order valence-corrected chi connectivity index (χ1v) is 10.9. The van der Waals surface area contributed by atoms with Gasteiger partial charge in [0.25, 0.3) is 5.91 Å². The number of carbonyl (C=O) groups excluding carboxylic acids is 2. The number of ether oxygens (including phenoxy) is 1. The second-order valence-corrected chi connectivity index (χ2v) is 9.77. The molecule has 0 aromatic heterocycles. The van der Waals surface area contributed by atoms with Gasteiger partial charge in [-0.3, -0.25) is 14.5 Å². The number of guanidine groups is 1. The van der Waals surface area contributed by atoms with E-state index in [1.165, 1.54) is 4.90 Å². The van der Waals surface area contributed by atoms with Gasteiger partial charge in [0, 0.05) is 17.5 Å². The fraction of sp³-hybridized carbons (Fsp3) is 0.400. The van der Waals surface area contributed by atoms with Gasteiger partial charge in [-0.25, -0.2) is 4.99 Å². The van der Waals surface area contributed by atoms with E-state index in [2.05, 4.69) is 10.3 Å². The van der Waals surface area contributed by atoms with Crippen LogP contribution in [-0.4, -0.2) is 33.8 Å². The molecule has 168 valence electrons. The van der Waals surface area contributed by atoms with Crippen LogP contribution < -0.4 is 15.8 Å². The van der Waals surface area contributed by atoms with Gasteiger partial charge in [0.1, 0.15) is 11.4 Å². The molecule has 2 aromatic rings. The zero-order chi connectivity index (χ0) is 23.1. The molecule has 7 nitrogen and oxygen atoms in total. The summed E-state index contributed by atoms with van der Waals surface area (Å²) in [6.07, 6.45) is 0.966. The maximum absolute atomic E-state index is 13.1. The molecule has 2 aliphatic heterocycles. The lowest BCUT2D eigenvalue weighted by molar-refractivity contribution is -0.129. The van der Waals surface area contributed by atoms with Gasteiger partial charge in [0.2, 0.25) is 5.91 Å². The standard InChI is InChI=1S/C25H30N4O3/c1-24(2)14-21(30)29(23(26)28-24)15-16-8-7-9-17(12-16)22(31)27-19-13-25(3,4)32-20-11-6-5-10-18(19)20/h5-12,19H,13-15H2,1-4H3,(H2,26,28)(H,27,31)/t19-/m0/s1. The highest BCUT2D eigenvalue weighted by Gasteiger charge is 2.35. The zero-order valence-electron chi connectivity index (χ0n) is 19.0. The summed E-state index contributed by atoms with van der Waals surface area (Å²) in [7, 11) is 0. The molecule has 2 heterocycles. The van der Waals surface area contributed by atoms with E-state index in [9.17, 15) is 9.59 Å². The Morgan fingerprint density at radius 2 is 1.94 bits per heavy atom. The van der Waals surface area contributed by atoms with Crippen LogP contribution in [-0.2, 0) is 11.3 Å².